The van der Waals surface area contributed by atoms with Crippen LogP contribution in [0.25, 0.3) is 0 Å². The standard InChI is InChI=1S/C15H19NO3/c17-14-9-12-3-1-2-4-13(12)16(14)8-7-11-5-6-15(18)19-10-11/h5H,1-4,6-10H2. The van der Waals surface area contributed by atoms with E-state index in [2.05, 4.69) is 0 Å². The van der Waals surface area contributed by atoms with Gasteiger partial charge in [0.05, 0.1) is 12.8 Å². The molecule has 0 spiro atoms. The van der Waals surface area contributed by atoms with E-state index in [1.54, 1.807) is 0 Å². The van der Waals surface area contributed by atoms with Crippen LogP contribution in [-0.4, -0.2) is 29.9 Å². The first kappa shape index (κ1) is 12.5. The number of nitrogens with zero attached hydrogens (tertiary/aromatic N) is 1. The number of carbonyl (C=O) groups excluding carboxylic acids is 2. The van der Waals surface area contributed by atoms with Gasteiger partial charge in [-0.1, -0.05) is 6.08 Å². The summed E-state index contributed by atoms with van der Waals surface area (Å²) >= 11 is 0. The molecule has 2 heterocycles. The highest BCUT2D eigenvalue weighted by Crippen LogP contribution is 2.35. The molecular weight excluding hydrogens is 242 g/mol. The van der Waals surface area contributed by atoms with Crippen molar-refractivity contribution in [3.63, 3.8) is 0 Å². The minimum absolute atomic E-state index is 0.154. The van der Waals surface area contributed by atoms with Gasteiger partial charge >= 0.3 is 5.97 Å². The van der Waals surface area contributed by atoms with Crippen LogP contribution in [0.2, 0.25) is 0 Å². The highest BCUT2D eigenvalue weighted by atomic mass is 16.5. The minimum Gasteiger partial charge on any atom is -0.461 e. The molecule has 0 saturated carbocycles. The summed E-state index contributed by atoms with van der Waals surface area (Å²) in [5, 5.41) is 0. The molecule has 4 nitrogen and oxygen atoms in total. The molecule has 0 fully saturated rings. The number of ether oxygens (including phenoxy) is 1. The van der Waals surface area contributed by atoms with E-state index in [-0.39, 0.29) is 11.9 Å². The Morgan fingerprint density at radius 2 is 2.05 bits per heavy atom. The molecule has 2 aliphatic heterocycles. The van der Waals surface area contributed by atoms with Gasteiger partial charge in [0, 0.05) is 12.2 Å². The highest BCUT2D eigenvalue weighted by molar-refractivity contribution is 5.84. The van der Waals surface area contributed by atoms with Crippen LogP contribution in [0.1, 0.15) is 44.9 Å². The first-order valence-electron chi connectivity index (χ1n) is 7.09. The van der Waals surface area contributed by atoms with Crippen LogP contribution in [-0.2, 0) is 14.3 Å². The Morgan fingerprint density at radius 3 is 2.84 bits per heavy atom. The molecule has 0 radical (unpaired) electrons. The highest BCUT2D eigenvalue weighted by Gasteiger charge is 2.30. The lowest BCUT2D eigenvalue weighted by Gasteiger charge is -2.24. The smallest absolute Gasteiger partial charge is 0.309 e. The number of hydrogen-bond donors (Lipinski definition) is 0. The lowest BCUT2D eigenvalue weighted by atomic mass is 9.96. The third-order valence-corrected chi connectivity index (χ3v) is 4.17. The predicted octanol–water partition coefficient (Wildman–Crippen LogP) is 2.31. The third kappa shape index (κ3) is 2.57. The lowest BCUT2D eigenvalue weighted by molar-refractivity contribution is -0.142. The topological polar surface area (TPSA) is 46.6 Å². The Hall–Kier alpha value is -1.58. The fourth-order valence-electron chi connectivity index (χ4n) is 3.10. The van der Waals surface area contributed by atoms with Gasteiger partial charge in [0.2, 0.25) is 5.91 Å². The normalized spacial score (nSPS) is 23.4. The number of hydrogen-bond acceptors (Lipinski definition) is 3. The summed E-state index contributed by atoms with van der Waals surface area (Å²) in [5.41, 5.74) is 3.78. The molecule has 0 bridgehead atoms. The van der Waals surface area contributed by atoms with Crippen LogP contribution in [0.3, 0.4) is 0 Å². The van der Waals surface area contributed by atoms with Gasteiger partial charge < -0.3 is 9.64 Å². The molecular formula is C15H19NO3. The maximum Gasteiger partial charge on any atom is 0.309 e. The Morgan fingerprint density at radius 1 is 1.21 bits per heavy atom. The first-order chi connectivity index (χ1) is 9.24. The summed E-state index contributed by atoms with van der Waals surface area (Å²) in [5.74, 6) is 0.0959. The quantitative estimate of drug-likeness (QED) is 0.578. The van der Waals surface area contributed by atoms with E-state index < -0.39 is 0 Å². The lowest BCUT2D eigenvalue weighted by Crippen LogP contribution is -2.27. The van der Waals surface area contributed by atoms with E-state index in [1.807, 2.05) is 11.0 Å². The average Bonchev–Trinajstić information content (AvgIpc) is 2.74. The summed E-state index contributed by atoms with van der Waals surface area (Å²) in [6, 6.07) is 0. The van der Waals surface area contributed by atoms with Gasteiger partial charge in [-0.2, -0.15) is 0 Å². The van der Waals surface area contributed by atoms with Crippen LogP contribution in [0, 0.1) is 0 Å². The maximum absolute atomic E-state index is 12.0. The second-order valence-corrected chi connectivity index (χ2v) is 5.46. The molecule has 0 N–H and O–H groups in total. The fourth-order valence-corrected chi connectivity index (χ4v) is 3.10. The van der Waals surface area contributed by atoms with Crippen molar-refractivity contribution >= 4 is 11.9 Å². The molecule has 0 aromatic carbocycles. The largest absolute Gasteiger partial charge is 0.461 e. The maximum atomic E-state index is 12.0. The van der Waals surface area contributed by atoms with Gasteiger partial charge in [-0.15, -0.1) is 0 Å². The second kappa shape index (κ2) is 5.19. The molecule has 1 amide bonds. The zero-order chi connectivity index (χ0) is 13.2. The molecule has 3 aliphatic rings. The Bertz CT molecular complexity index is 476. The van der Waals surface area contributed by atoms with Crippen molar-refractivity contribution < 1.29 is 14.3 Å². The molecule has 0 saturated heterocycles. The van der Waals surface area contributed by atoms with Gasteiger partial charge in [-0.3, -0.25) is 9.59 Å². The van der Waals surface area contributed by atoms with E-state index in [0.717, 1.165) is 31.4 Å². The average molecular weight is 261 g/mol. The number of allylic oxidation sites excluding steroid dienone is 1. The van der Waals surface area contributed by atoms with Crippen LogP contribution in [0.4, 0.5) is 0 Å². The number of esters is 1. The van der Waals surface area contributed by atoms with Crippen molar-refractivity contribution in [2.45, 2.75) is 44.9 Å². The third-order valence-electron chi connectivity index (χ3n) is 4.17. The minimum atomic E-state index is -0.154. The number of carbonyl (C=O) groups is 2. The molecule has 4 heteroatoms. The number of rotatable bonds is 3. The Kier molecular flexibility index (Phi) is 3.40. The Labute approximate surface area is 113 Å². The van der Waals surface area contributed by atoms with Crippen molar-refractivity contribution in [1.29, 1.82) is 0 Å². The molecule has 19 heavy (non-hydrogen) atoms. The summed E-state index contributed by atoms with van der Waals surface area (Å²) in [6.45, 7) is 1.13. The van der Waals surface area contributed by atoms with Crippen molar-refractivity contribution in [3.8, 4) is 0 Å². The first-order valence-corrected chi connectivity index (χ1v) is 7.09. The van der Waals surface area contributed by atoms with Crippen LogP contribution < -0.4 is 0 Å². The summed E-state index contributed by atoms with van der Waals surface area (Å²) < 4.78 is 5.02. The molecule has 102 valence electrons. The molecule has 0 atom stereocenters. The van der Waals surface area contributed by atoms with Crippen molar-refractivity contribution in [2.24, 2.45) is 0 Å². The Balaban J connectivity index is 1.62. The van der Waals surface area contributed by atoms with E-state index in [1.165, 1.54) is 24.1 Å². The van der Waals surface area contributed by atoms with Gasteiger partial charge in [0.1, 0.15) is 6.61 Å². The van der Waals surface area contributed by atoms with Crippen molar-refractivity contribution in [1.82, 2.24) is 4.90 Å². The van der Waals surface area contributed by atoms with Crippen molar-refractivity contribution in [3.05, 3.63) is 22.9 Å². The molecule has 3 rings (SSSR count). The van der Waals surface area contributed by atoms with E-state index in [9.17, 15) is 9.59 Å². The summed E-state index contributed by atoms with van der Waals surface area (Å²) in [6.07, 6.45) is 8.33. The van der Waals surface area contributed by atoms with E-state index >= 15 is 0 Å². The zero-order valence-corrected chi connectivity index (χ0v) is 11.1. The predicted molar refractivity (Wildman–Crippen MR) is 70.1 cm³/mol. The fraction of sp³-hybridized carbons (Fsp3) is 0.600. The SMILES string of the molecule is O=C1CC=C(CCN2C(=O)CC3=C2CCCC3)CO1. The zero-order valence-electron chi connectivity index (χ0n) is 11.1. The monoisotopic (exact) mass is 261 g/mol. The van der Waals surface area contributed by atoms with Crippen LogP contribution >= 0.6 is 0 Å². The second-order valence-electron chi connectivity index (χ2n) is 5.46. The van der Waals surface area contributed by atoms with Gasteiger partial charge in [0.15, 0.2) is 0 Å². The molecule has 0 aromatic heterocycles. The summed E-state index contributed by atoms with van der Waals surface area (Å²) in [4.78, 5) is 25.0. The van der Waals surface area contributed by atoms with Gasteiger partial charge in [0.25, 0.3) is 0 Å². The molecule has 0 aromatic rings. The molecule has 1 aliphatic carbocycles. The van der Waals surface area contributed by atoms with Crippen LogP contribution in [0.5, 0.6) is 0 Å². The number of amides is 1. The van der Waals surface area contributed by atoms with Gasteiger partial charge in [-0.05, 0) is 43.3 Å². The van der Waals surface area contributed by atoms with Crippen LogP contribution in [0.15, 0.2) is 22.9 Å². The number of cyclic esters (lactones) is 1. The van der Waals surface area contributed by atoms with Gasteiger partial charge in [-0.25, -0.2) is 0 Å². The van der Waals surface area contributed by atoms with E-state index in [4.69, 9.17) is 4.74 Å². The molecule has 0 unspecified atom stereocenters. The summed E-state index contributed by atoms with van der Waals surface area (Å²) in [7, 11) is 0. The van der Waals surface area contributed by atoms with Crippen molar-refractivity contribution in [2.75, 3.05) is 13.2 Å². The van der Waals surface area contributed by atoms with E-state index in [0.29, 0.717) is 19.4 Å².